The molecule has 1 N–H and O–H groups in total. The number of pyridine rings is 1. The summed E-state index contributed by atoms with van der Waals surface area (Å²) >= 11 is 0. The number of likely N-dealkylation sites (N-methyl/N-ethyl adjacent to an activating group) is 2. The molecule has 3 aromatic rings. The van der Waals surface area contributed by atoms with Crippen molar-refractivity contribution in [3.05, 3.63) is 65.9 Å². The molecule has 0 radical (unpaired) electrons. The number of carbonyl (C=O) groups is 1. The van der Waals surface area contributed by atoms with Crippen LogP contribution in [0.15, 0.2) is 48.9 Å². The normalized spacial score (nSPS) is 15.9. The van der Waals surface area contributed by atoms with E-state index in [2.05, 4.69) is 27.2 Å². The Hall–Kier alpha value is -3.42. The summed E-state index contributed by atoms with van der Waals surface area (Å²) in [5, 5.41) is 7.73. The molecule has 1 aliphatic heterocycles. The van der Waals surface area contributed by atoms with Crippen molar-refractivity contribution < 1.29 is 9.18 Å². The van der Waals surface area contributed by atoms with Crippen LogP contribution in [0.3, 0.4) is 0 Å². The summed E-state index contributed by atoms with van der Waals surface area (Å²) < 4.78 is 14.9. The molecule has 162 valence electrons. The zero-order valence-electron chi connectivity index (χ0n) is 18.0. The van der Waals surface area contributed by atoms with Crippen molar-refractivity contribution >= 4 is 23.1 Å². The Balaban J connectivity index is 1.44. The fraction of sp³-hybridized carbons (Fsp3) is 0.348. The Bertz CT molecular complexity index is 1060. The van der Waals surface area contributed by atoms with Crippen LogP contribution in [-0.4, -0.2) is 40.8 Å². The van der Waals surface area contributed by atoms with Crippen LogP contribution < -0.4 is 15.1 Å². The summed E-state index contributed by atoms with van der Waals surface area (Å²) in [6.07, 6.45) is 7.28. The minimum Gasteiger partial charge on any atom is -0.366 e. The lowest BCUT2D eigenvalue weighted by atomic mass is 10.0. The zero-order chi connectivity index (χ0) is 22.0. The van der Waals surface area contributed by atoms with Gasteiger partial charge in [0.05, 0.1) is 30.3 Å². The van der Waals surface area contributed by atoms with E-state index in [0.29, 0.717) is 13.1 Å². The summed E-state index contributed by atoms with van der Waals surface area (Å²) in [6, 6.07) is 8.27. The molecular weight excluding hydrogens is 395 g/mol. The summed E-state index contributed by atoms with van der Waals surface area (Å²) in [4.78, 5) is 20.9. The predicted octanol–water partition coefficient (Wildman–Crippen LogP) is 3.66. The first kappa shape index (κ1) is 20.8. The van der Waals surface area contributed by atoms with Gasteiger partial charge in [0.15, 0.2) is 0 Å². The fourth-order valence-electron chi connectivity index (χ4n) is 3.90. The van der Waals surface area contributed by atoms with E-state index in [4.69, 9.17) is 0 Å². The molecule has 2 aromatic heterocycles. The first-order valence-corrected chi connectivity index (χ1v) is 10.5. The number of aromatic nitrogens is 3. The van der Waals surface area contributed by atoms with E-state index >= 15 is 0 Å². The molecular formula is C23H27FN6O. The highest BCUT2D eigenvalue weighted by atomic mass is 19.1. The van der Waals surface area contributed by atoms with Crippen LogP contribution in [0.5, 0.6) is 0 Å². The van der Waals surface area contributed by atoms with Crippen LogP contribution in [0.25, 0.3) is 0 Å². The second-order valence-electron chi connectivity index (χ2n) is 7.90. The molecule has 31 heavy (non-hydrogen) atoms. The van der Waals surface area contributed by atoms with Crippen LogP contribution in [0.2, 0.25) is 0 Å². The average molecular weight is 423 g/mol. The van der Waals surface area contributed by atoms with Gasteiger partial charge in [0, 0.05) is 38.5 Å². The molecule has 0 saturated heterocycles. The number of halogens is 1. The van der Waals surface area contributed by atoms with E-state index in [9.17, 15) is 9.18 Å². The van der Waals surface area contributed by atoms with Crippen molar-refractivity contribution in [3.8, 4) is 0 Å². The van der Waals surface area contributed by atoms with Crippen LogP contribution in [0, 0.1) is 5.82 Å². The number of nitrogens with one attached hydrogen (secondary N) is 1. The third-order valence-corrected chi connectivity index (χ3v) is 5.67. The van der Waals surface area contributed by atoms with Gasteiger partial charge < -0.3 is 15.1 Å². The molecule has 0 spiro atoms. The van der Waals surface area contributed by atoms with Gasteiger partial charge in [-0.2, -0.15) is 5.10 Å². The van der Waals surface area contributed by atoms with E-state index in [0.717, 1.165) is 41.2 Å². The van der Waals surface area contributed by atoms with Crippen LogP contribution in [0.4, 0.5) is 21.6 Å². The van der Waals surface area contributed by atoms with Crippen molar-refractivity contribution in [1.29, 1.82) is 0 Å². The van der Waals surface area contributed by atoms with Gasteiger partial charge in [0.2, 0.25) is 5.91 Å². The topological polar surface area (TPSA) is 66.3 Å². The number of rotatable bonds is 7. The number of fused-ring (bicyclic) bond motifs is 1. The molecule has 1 aromatic carbocycles. The van der Waals surface area contributed by atoms with Gasteiger partial charge in [-0.05, 0) is 24.1 Å². The Morgan fingerprint density at radius 2 is 1.87 bits per heavy atom. The molecule has 1 aliphatic rings. The van der Waals surface area contributed by atoms with Crippen molar-refractivity contribution in [2.45, 2.75) is 38.9 Å². The molecule has 0 aliphatic carbocycles. The van der Waals surface area contributed by atoms with E-state index in [1.54, 1.807) is 30.3 Å². The Labute approximate surface area is 181 Å². The first-order valence-electron chi connectivity index (χ1n) is 10.5. The summed E-state index contributed by atoms with van der Waals surface area (Å²) in [5.74, 6) is 0.608. The van der Waals surface area contributed by atoms with Gasteiger partial charge in [-0.15, -0.1) is 0 Å². The van der Waals surface area contributed by atoms with E-state index in [1.165, 1.54) is 12.1 Å². The minimum absolute atomic E-state index is 0.105. The maximum atomic E-state index is 13.1. The number of nitrogens with zero attached hydrogens (tertiary/aromatic N) is 5. The minimum atomic E-state index is -0.242. The molecule has 0 bridgehead atoms. The second-order valence-corrected chi connectivity index (χ2v) is 7.90. The molecule has 0 fully saturated rings. The lowest BCUT2D eigenvalue weighted by molar-refractivity contribution is -0.120. The van der Waals surface area contributed by atoms with Crippen molar-refractivity contribution in [2.24, 2.45) is 0 Å². The molecule has 1 unspecified atom stereocenters. The third kappa shape index (κ3) is 4.38. The number of anilines is 3. The van der Waals surface area contributed by atoms with Gasteiger partial charge in [0.1, 0.15) is 17.7 Å². The maximum Gasteiger partial charge on any atom is 0.249 e. The van der Waals surface area contributed by atoms with Crippen LogP contribution in [-0.2, 0) is 17.9 Å². The Kier molecular flexibility index (Phi) is 5.88. The van der Waals surface area contributed by atoms with Crippen LogP contribution >= 0.6 is 0 Å². The van der Waals surface area contributed by atoms with Gasteiger partial charge in [-0.3, -0.25) is 9.48 Å². The zero-order valence-corrected chi connectivity index (χ0v) is 18.0. The molecule has 7 nitrogen and oxygen atoms in total. The lowest BCUT2D eigenvalue weighted by Crippen LogP contribution is -2.50. The molecule has 8 heteroatoms. The fourth-order valence-corrected chi connectivity index (χ4v) is 3.90. The van der Waals surface area contributed by atoms with E-state index < -0.39 is 0 Å². The number of hydrogen-bond donors (Lipinski definition) is 1. The molecule has 3 heterocycles. The second kappa shape index (κ2) is 8.75. The van der Waals surface area contributed by atoms with Crippen molar-refractivity contribution in [2.75, 3.05) is 29.2 Å². The molecule has 1 amide bonds. The molecule has 4 rings (SSSR count). The van der Waals surface area contributed by atoms with E-state index in [-0.39, 0.29) is 17.8 Å². The van der Waals surface area contributed by atoms with Crippen molar-refractivity contribution in [1.82, 2.24) is 14.8 Å². The number of carbonyl (C=O) groups excluding carboxylic acids is 1. The van der Waals surface area contributed by atoms with Crippen LogP contribution in [0.1, 0.15) is 30.9 Å². The lowest BCUT2D eigenvalue weighted by Gasteiger charge is -2.39. The highest BCUT2D eigenvalue weighted by Gasteiger charge is 2.34. The summed E-state index contributed by atoms with van der Waals surface area (Å²) in [6.45, 7) is 3.25. The number of amides is 1. The summed E-state index contributed by atoms with van der Waals surface area (Å²) in [5.41, 5.74) is 3.82. The Morgan fingerprint density at radius 1 is 1.10 bits per heavy atom. The third-order valence-electron chi connectivity index (χ3n) is 5.67. The van der Waals surface area contributed by atoms with Gasteiger partial charge >= 0.3 is 0 Å². The predicted molar refractivity (Wildman–Crippen MR) is 120 cm³/mol. The van der Waals surface area contributed by atoms with E-state index in [1.807, 2.05) is 30.2 Å². The highest BCUT2D eigenvalue weighted by molar-refractivity contribution is 6.05. The molecule has 0 saturated carbocycles. The maximum absolute atomic E-state index is 13.1. The van der Waals surface area contributed by atoms with Gasteiger partial charge in [-0.1, -0.05) is 25.5 Å². The standard InChI is InChI=1S/C23H27FN6O/c1-4-5-19-23(31)29(3)21-13-26-22(10-20(21)28(19)2)25-11-17-12-27-30(15-17)14-16-6-8-18(24)9-7-16/h6-10,12-13,15,19H,4-5,11,14H2,1-3H3,(H,25,26). The number of benzene rings is 1. The highest BCUT2D eigenvalue weighted by Crippen LogP contribution is 2.36. The largest absolute Gasteiger partial charge is 0.366 e. The van der Waals surface area contributed by atoms with Crippen molar-refractivity contribution in [3.63, 3.8) is 0 Å². The van der Waals surface area contributed by atoms with Gasteiger partial charge in [-0.25, -0.2) is 9.37 Å². The van der Waals surface area contributed by atoms with Gasteiger partial charge in [0.25, 0.3) is 0 Å². The SMILES string of the molecule is CCCC1C(=O)N(C)c2cnc(NCc3cnn(Cc4ccc(F)cc4)c3)cc2N1C. The smallest absolute Gasteiger partial charge is 0.249 e. The monoisotopic (exact) mass is 422 g/mol. The summed E-state index contributed by atoms with van der Waals surface area (Å²) in [7, 11) is 3.77. The molecule has 1 atom stereocenters. The quantitative estimate of drug-likeness (QED) is 0.630. The average Bonchev–Trinajstić information content (AvgIpc) is 3.22. The Morgan fingerprint density at radius 3 is 2.61 bits per heavy atom. The number of hydrogen-bond acceptors (Lipinski definition) is 5. The first-order chi connectivity index (χ1) is 15.0.